The number of nitrogens with zero attached hydrogens (tertiary/aromatic N) is 3. The van der Waals surface area contributed by atoms with E-state index in [9.17, 15) is 23.1 Å². The summed E-state index contributed by atoms with van der Waals surface area (Å²) in [5.74, 6) is 0.114. The highest BCUT2D eigenvalue weighted by atomic mass is 32.2. The van der Waals surface area contributed by atoms with E-state index in [1.165, 1.54) is 30.6 Å². The van der Waals surface area contributed by atoms with Crippen molar-refractivity contribution in [2.45, 2.75) is 76.0 Å². The zero-order valence-corrected chi connectivity index (χ0v) is 30.3. The highest BCUT2D eigenvalue weighted by molar-refractivity contribution is 7.89. The molecule has 2 N–H and O–H groups in total. The van der Waals surface area contributed by atoms with E-state index in [-0.39, 0.29) is 54.0 Å². The van der Waals surface area contributed by atoms with Crippen LogP contribution in [0.15, 0.2) is 47.4 Å². The van der Waals surface area contributed by atoms with Gasteiger partial charge in [-0.25, -0.2) is 8.42 Å². The Hall–Kier alpha value is -3.23. The topological polar surface area (TPSA) is 138 Å². The number of carbonyl (C=O) groups is 2. The number of sulfonamides is 1. The van der Waals surface area contributed by atoms with E-state index >= 15 is 0 Å². The number of benzene rings is 2. The SMILES string of the molecule is COc1ccc(S(=O)(=O)N(C)C[C@H]2OCCCC[C@@H](C)Oc3ccc(NC(=O)CCCN(C)C)cc3C(=O)N([C@@H](C)CO)C[C@@H]2C)cc1. The van der Waals surface area contributed by atoms with E-state index in [4.69, 9.17) is 14.2 Å². The molecular weight excluding hydrogens is 636 g/mol. The molecular formula is C35H54N4O8S. The molecule has 0 fully saturated rings. The third kappa shape index (κ3) is 11.2. The monoisotopic (exact) mass is 690 g/mol. The van der Waals surface area contributed by atoms with Gasteiger partial charge in [-0.1, -0.05) is 6.92 Å². The Bertz CT molecular complexity index is 1440. The van der Waals surface area contributed by atoms with Crippen LogP contribution in [0.1, 0.15) is 63.2 Å². The lowest BCUT2D eigenvalue weighted by atomic mass is 10.0. The highest BCUT2D eigenvalue weighted by Gasteiger charge is 2.32. The van der Waals surface area contributed by atoms with Crippen molar-refractivity contribution in [2.75, 3.05) is 66.4 Å². The standard InChI is InChI=1S/C35H54N4O8S/c1-25-22-39(26(2)24-40)35(42)31-21-28(36-34(41)12-10-19-37(4)5)13-18-32(31)47-27(3)11-8-9-20-46-33(25)23-38(6)48(43,44)30-16-14-29(45-7)15-17-30/h13-18,21,25-27,33,40H,8-12,19-20,22-24H2,1-7H3,(H,36,41)/t25-,26-,27+,33+/m0/s1. The number of ether oxygens (including phenoxy) is 3. The molecule has 2 amide bonds. The number of carbonyl (C=O) groups excluding carboxylic acids is 2. The summed E-state index contributed by atoms with van der Waals surface area (Å²) in [6.45, 7) is 6.76. The second-order valence-electron chi connectivity index (χ2n) is 12.9. The average molecular weight is 691 g/mol. The summed E-state index contributed by atoms with van der Waals surface area (Å²) in [5, 5.41) is 13.1. The Morgan fingerprint density at radius 3 is 2.48 bits per heavy atom. The van der Waals surface area contributed by atoms with Crippen molar-refractivity contribution in [2.24, 2.45) is 5.92 Å². The molecule has 13 heteroatoms. The first-order valence-electron chi connectivity index (χ1n) is 16.7. The number of nitrogens with one attached hydrogen (secondary N) is 1. The molecule has 0 aromatic heterocycles. The molecule has 3 rings (SSSR count). The van der Waals surface area contributed by atoms with Gasteiger partial charge in [0.2, 0.25) is 15.9 Å². The first-order chi connectivity index (χ1) is 22.8. The number of hydrogen-bond donors (Lipinski definition) is 2. The smallest absolute Gasteiger partial charge is 0.258 e. The van der Waals surface area contributed by atoms with Crippen LogP contribution in [0.25, 0.3) is 0 Å². The van der Waals surface area contributed by atoms with Gasteiger partial charge in [-0.05, 0) is 103 Å². The lowest BCUT2D eigenvalue weighted by molar-refractivity contribution is -0.116. The van der Waals surface area contributed by atoms with Crippen LogP contribution in [0.3, 0.4) is 0 Å². The number of anilines is 1. The van der Waals surface area contributed by atoms with Crippen molar-refractivity contribution in [3.8, 4) is 11.5 Å². The fourth-order valence-electron chi connectivity index (χ4n) is 5.52. The van der Waals surface area contributed by atoms with Gasteiger partial charge in [-0.2, -0.15) is 4.31 Å². The van der Waals surface area contributed by atoms with Crippen LogP contribution in [0.5, 0.6) is 11.5 Å². The van der Waals surface area contributed by atoms with Crippen LogP contribution >= 0.6 is 0 Å². The fraction of sp³-hybridized carbons (Fsp3) is 0.600. The van der Waals surface area contributed by atoms with E-state index in [0.29, 0.717) is 43.1 Å². The largest absolute Gasteiger partial charge is 0.497 e. The summed E-state index contributed by atoms with van der Waals surface area (Å²) in [6, 6.07) is 10.7. The van der Waals surface area contributed by atoms with E-state index in [0.717, 1.165) is 19.4 Å². The summed E-state index contributed by atoms with van der Waals surface area (Å²) in [4.78, 5) is 30.7. The van der Waals surface area contributed by atoms with E-state index < -0.39 is 22.2 Å². The Labute approximate surface area is 286 Å². The first-order valence-corrected chi connectivity index (χ1v) is 18.1. The summed E-state index contributed by atoms with van der Waals surface area (Å²) < 4.78 is 46.1. The molecule has 0 spiro atoms. The molecule has 0 radical (unpaired) electrons. The molecule has 2 aromatic carbocycles. The van der Waals surface area contributed by atoms with Gasteiger partial charge in [0.25, 0.3) is 5.91 Å². The van der Waals surface area contributed by atoms with E-state index in [1.807, 2.05) is 32.8 Å². The van der Waals surface area contributed by atoms with E-state index in [2.05, 4.69) is 5.32 Å². The number of aliphatic hydroxyl groups excluding tert-OH is 1. The molecule has 12 nitrogen and oxygen atoms in total. The zero-order valence-electron chi connectivity index (χ0n) is 29.5. The molecule has 268 valence electrons. The van der Waals surface area contributed by atoms with Crippen molar-refractivity contribution in [1.82, 2.24) is 14.1 Å². The number of fused-ring (bicyclic) bond motifs is 1. The van der Waals surface area contributed by atoms with Gasteiger partial charge < -0.3 is 34.4 Å². The van der Waals surface area contributed by atoms with E-state index in [1.54, 1.807) is 42.2 Å². The molecule has 1 aliphatic rings. The molecule has 4 atom stereocenters. The fourth-order valence-corrected chi connectivity index (χ4v) is 6.70. The lowest BCUT2D eigenvalue weighted by Gasteiger charge is -2.35. The summed E-state index contributed by atoms with van der Waals surface area (Å²) in [6.07, 6.45) is 2.55. The summed E-state index contributed by atoms with van der Waals surface area (Å²) in [7, 11) is 3.10. The number of amides is 2. The van der Waals surface area contributed by atoms with Crippen LogP contribution in [0.4, 0.5) is 5.69 Å². The van der Waals surface area contributed by atoms with Crippen molar-refractivity contribution < 1.29 is 37.3 Å². The van der Waals surface area contributed by atoms with Crippen LogP contribution in [0, 0.1) is 5.92 Å². The van der Waals surface area contributed by atoms with Gasteiger partial charge in [0, 0.05) is 44.8 Å². The molecule has 0 saturated heterocycles. The Morgan fingerprint density at radius 1 is 1.12 bits per heavy atom. The maximum Gasteiger partial charge on any atom is 0.258 e. The van der Waals surface area contributed by atoms with Gasteiger partial charge in [-0.3, -0.25) is 9.59 Å². The maximum absolute atomic E-state index is 14.3. The minimum atomic E-state index is -3.84. The van der Waals surface area contributed by atoms with Crippen LogP contribution in [-0.4, -0.2) is 119 Å². The summed E-state index contributed by atoms with van der Waals surface area (Å²) >= 11 is 0. The van der Waals surface area contributed by atoms with Crippen molar-refractivity contribution >= 4 is 27.5 Å². The van der Waals surface area contributed by atoms with Crippen molar-refractivity contribution in [3.63, 3.8) is 0 Å². The Balaban J connectivity index is 1.92. The molecule has 0 unspecified atom stereocenters. The van der Waals surface area contributed by atoms with Crippen LogP contribution in [-0.2, 0) is 19.6 Å². The minimum absolute atomic E-state index is 0.0607. The normalized spacial score (nSPS) is 20.5. The lowest BCUT2D eigenvalue weighted by Crippen LogP contribution is -2.48. The number of aliphatic hydroxyl groups is 1. The number of methoxy groups -OCH3 is 1. The predicted molar refractivity (Wildman–Crippen MR) is 186 cm³/mol. The molecule has 1 aliphatic heterocycles. The van der Waals surface area contributed by atoms with Gasteiger partial charge in [0.15, 0.2) is 0 Å². The molecule has 0 bridgehead atoms. The molecule has 0 saturated carbocycles. The molecule has 2 aromatic rings. The zero-order chi connectivity index (χ0) is 35.4. The number of likely N-dealkylation sites (N-methyl/N-ethyl adjacent to an activating group) is 1. The minimum Gasteiger partial charge on any atom is -0.497 e. The van der Waals surface area contributed by atoms with Crippen molar-refractivity contribution in [3.05, 3.63) is 48.0 Å². The Morgan fingerprint density at radius 2 is 1.83 bits per heavy atom. The number of rotatable bonds is 12. The second-order valence-corrected chi connectivity index (χ2v) is 15.0. The van der Waals surface area contributed by atoms with Gasteiger partial charge in [0.05, 0.1) is 42.4 Å². The third-order valence-corrected chi connectivity index (χ3v) is 10.4. The van der Waals surface area contributed by atoms with Crippen LogP contribution < -0.4 is 14.8 Å². The summed E-state index contributed by atoms with van der Waals surface area (Å²) in [5.41, 5.74) is 0.750. The van der Waals surface area contributed by atoms with Crippen LogP contribution in [0.2, 0.25) is 0 Å². The second kappa shape index (κ2) is 18.5. The molecule has 0 aliphatic carbocycles. The highest BCUT2D eigenvalue weighted by Crippen LogP contribution is 2.29. The van der Waals surface area contributed by atoms with Gasteiger partial charge in [0.1, 0.15) is 11.5 Å². The maximum atomic E-state index is 14.3. The third-order valence-electron chi connectivity index (χ3n) is 8.55. The Kier molecular flexibility index (Phi) is 15.1. The predicted octanol–water partition coefficient (Wildman–Crippen LogP) is 4.09. The van der Waals surface area contributed by atoms with Crippen molar-refractivity contribution in [1.29, 1.82) is 0 Å². The molecule has 1 heterocycles. The first kappa shape index (κ1) is 39.2. The molecule has 48 heavy (non-hydrogen) atoms. The average Bonchev–Trinajstić information content (AvgIpc) is 3.05. The quantitative estimate of drug-likeness (QED) is 0.337. The number of hydrogen-bond acceptors (Lipinski definition) is 9. The van der Waals surface area contributed by atoms with Gasteiger partial charge >= 0.3 is 0 Å². The van der Waals surface area contributed by atoms with Gasteiger partial charge in [-0.15, -0.1) is 0 Å².